The van der Waals surface area contributed by atoms with Crippen LogP contribution in [0.5, 0.6) is 0 Å². The Morgan fingerprint density at radius 3 is 2.75 bits per heavy atom. The first kappa shape index (κ1) is 12.0. The summed E-state index contributed by atoms with van der Waals surface area (Å²) in [5, 5.41) is 0. The van der Waals surface area contributed by atoms with Crippen molar-refractivity contribution in [2.45, 2.75) is 33.1 Å². The van der Waals surface area contributed by atoms with Crippen LogP contribution in [0.1, 0.15) is 37.3 Å². The molecule has 0 saturated carbocycles. The van der Waals surface area contributed by atoms with Gasteiger partial charge in [0.05, 0.1) is 0 Å². The highest BCUT2D eigenvalue weighted by Gasteiger charge is 2.31. The van der Waals surface area contributed by atoms with E-state index in [0.717, 1.165) is 6.42 Å². The number of allylic oxidation sites excluding steroid dienone is 8. The van der Waals surface area contributed by atoms with Gasteiger partial charge in [0.1, 0.15) is 0 Å². The summed E-state index contributed by atoms with van der Waals surface area (Å²) in [7, 11) is 0. The Labute approximate surface area is 121 Å². The second-order valence-corrected chi connectivity index (χ2v) is 6.16. The third-order valence-corrected chi connectivity index (χ3v) is 5.08. The predicted molar refractivity (Wildman–Crippen MR) is 85.4 cm³/mol. The lowest BCUT2D eigenvalue weighted by Crippen LogP contribution is -2.05. The molecule has 0 amide bonds. The summed E-state index contributed by atoms with van der Waals surface area (Å²) in [5.74, 6) is 0.578. The molecular weight excluding hydrogens is 240 g/mol. The average Bonchev–Trinajstić information content (AvgIpc) is 3.04. The first-order valence-electron chi connectivity index (χ1n) is 7.66. The summed E-state index contributed by atoms with van der Waals surface area (Å²) in [6, 6.07) is 8.79. The van der Waals surface area contributed by atoms with Crippen molar-refractivity contribution >= 4 is 5.57 Å². The van der Waals surface area contributed by atoms with Gasteiger partial charge in [-0.2, -0.15) is 0 Å². The number of hydrogen-bond acceptors (Lipinski definition) is 0. The van der Waals surface area contributed by atoms with Gasteiger partial charge < -0.3 is 0 Å². The molecule has 0 heteroatoms. The summed E-state index contributed by atoms with van der Waals surface area (Å²) in [6.45, 7) is 4.60. The topological polar surface area (TPSA) is 0 Å². The number of benzene rings is 1. The maximum atomic E-state index is 2.46. The molecule has 0 aliphatic heterocycles. The highest BCUT2D eigenvalue weighted by atomic mass is 14.4. The van der Waals surface area contributed by atoms with Crippen LogP contribution in [0.2, 0.25) is 0 Å². The van der Waals surface area contributed by atoms with E-state index >= 15 is 0 Å². The van der Waals surface area contributed by atoms with Crippen LogP contribution in [0.3, 0.4) is 0 Å². The van der Waals surface area contributed by atoms with Gasteiger partial charge >= 0.3 is 0 Å². The Kier molecular flexibility index (Phi) is 2.60. The molecule has 0 fully saturated rings. The number of rotatable bonds is 1. The van der Waals surface area contributed by atoms with E-state index < -0.39 is 0 Å². The molecule has 4 rings (SSSR count). The molecule has 1 atom stereocenters. The highest BCUT2D eigenvalue weighted by Crippen LogP contribution is 2.49. The predicted octanol–water partition coefficient (Wildman–Crippen LogP) is 5.38. The summed E-state index contributed by atoms with van der Waals surface area (Å²) < 4.78 is 0. The average molecular weight is 260 g/mol. The lowest BCUT2D eigenvalue weighted by Gasteiger charge is -2.22. The zero-order valence-electron chi connectivity index (χ0n) is 12.2. The van der Waals surface area contributed by atoms with Crippen molar-refractivity contribution in [3.63, 3.8) is 0 Å². The Hall–Kier alpha value is -1.82. The summed E-state index contributed by atoms with van der Waals surface area (Å²) in [4.78, 5) is 0. The Bertz CT molecular complexity index is 707. The van der Waals surface area contributed by atoms with Gasteiger partial charge in [-0.3, -0.25) is 0 Å². The standard InChI is InChI=1S/C20H20/c1-13-6-3-4-8-16(13)19-12-20-17(14(19)2)11-10-15-7-5-9-18(15)20/h3-4,6-9,12,14H,5,10-11H2,1-2H3. The first-order valence-corrected chi connectivity index (χ1v) is 7.66. The van der Waals surface area contributed by atoms with Crippen LogP contribution in [0, 0.1) is 12.8 Å². The van der Waals surface area contributed by atoms with E-state index in [1.165, 1.54) is 40.7 Å². The van der Waals surface area contributed by atoms with Crippen molar-refractivity contribution < 1.29 is 0 Å². The molecule has 100 valence electrons. The Morgan fingerprint density at radius 2 is 1.90 bits per heavy atom. The van der Waals surface area contributed by atoms with E-state index in [9.17, 15) is 0 Å². The Morgan fingerprint density at radius 1 is 1.05 bits per heavy atom. The van der Waals surface area contributed by atoms with E-state index in [-0.39, 0.29) is 0 Å². The molecule has 0 aromatic heterocycles. The molecule has 20 heavy (non-hydrogen) atoms. The second kappa shape index (κ2) is 4.34. The van der Waals surface area contributed by atoms with E-state index in [4.69, 9.17) is 0 Å². The number of fused-ring (bicyclic) bond motifs is 2. The van der Waals surface area contributed by atoms with E-state index in [1.807, 2.05) is 0 Å². The first-order chi connectivity index (χ1) is 9.75. The molecule has 1 aromatic rings. The van der Waals surface area contributed by atoms with Gasteiger partial charge in [0.25, 0.3) is 0 Å². The van der Waals surface area contributed by atoms with Crippen LogP contribution in [0.15, 0.2) is 64.8 Å². The fourth-order valence-electron chi connectivity index (χ4n) is 3.95. The summed E-state index contributed by atoms with van der Waals surface area (Å²) in [6.07, 6.45) is 10.9. The SMILES string of the molecule is Cc1ccccc1C1=CC2=C(CCC3=CCC=C32)C1C. The third-order valence-electron chi connectivity index (χ3n) is 5.08. The monoisotopic (exact) mass is 260 g/mol. The molecule has 1 unspecified atom stereocenters. The van der Waals surface area contributed by atoms with Crippen LogP contribution in [-0.4, -0.2) is 0 Å². The molecule has 1 aromatic carbocycles. The quantitative estimate of drug-likeness (QED) is 0.636. The van der Waals surface area contributed by atoms with E-state index in [2.05, 4.69) is 56.3 Å². The van der Waals surface area contributed by atoms with Crippen molar-refractivity contribution in [2.24, 2.45) is 5.92 Å². The third kappa shape index (κ3) is 1.61. The van der Waals surface area contributed by atoms with Gasteiger partial charge in [-0.15, -0.1) is 0 Å². The van der Waals surface area contributed by atoms with Gasteiger partial charge in [-0.05, 0) is 65.7 Å². The number of aryl methyl sites for hydroxylation is 1. The van der Waals surface area contributed by atoms with Crippen molar-refractivity contribution in [3.05, 3.63) is 75.9 Å². The Balaban J connectivity index is 1.82. The smallest absolute Gasteiger partial charge is 0.00354 e. The van der Waals surface area contributed by atoms with Crippen molar-refractivity contribution in [1.29, 1.82) is 0 Å². The van der Waals surface area contributed by atoms with Crippen LogP contribution in [0.25, 0.3) is 5.57 Å². The van der Waals surface area contributed by atoms with Gasteiger partial charge in [0.15, 0.2) is 0 Å². The van der Waals surface area contributed by atoms with Crippen LogP contribution < -0.4 is 0 Å². The molecule has 0 heterocycles. The maximum Gasteiger partial charge on any atom is 0.00354 e. The second-order valence-electron chi connectivity index (χ2n) is 6.16. The lowest BCUT2D eigenvalue weighted by atomic mass is 9.82. The van der Waals surface area contributed by atoms with Crippen molar-refractivity contribution in [3.8, 4) is 0 Å². The molecule has 0 spiro atoms. The normalized spacial score (nSPS) is 24.1. The molecule has 0 nitrogen and oxygen atoms in total. The highest BCUT2D eigenvalue weighted by molar-refractivity contribution is 5.82. The fraction of sp³-hybridized carbons (Fsp3) is 0.300. The van der Waals surface area contributed by atoms with Crippen LogP contribution in [0.4, 0.5) is 0 Å². The number of hydrogen-bond donors (Lipinski definition) is 0. The van der Waals surface area contributed by atoms with Crippen molar-refractivity contribution in [2.75, 3.05) is 0 Å². The molecule has 0 radical (unpaired) electrons. The summed E-state index contributed by atoms with van der Waals surface area (Å²) in [5.41, 5.74) is 10.6. The van der Waals surface area contributed by atoms with E-state index in [0.29, 0.717) is 5.92 Å². The molecule has 0 saturated heterocycles. The maximum absolute atomic E-state index is 2.46. The van der Waals surface area contributed by atoms with Gasteiger partial charge in [-0.1, -0.05) is 48.9 Å². The van der Waals surface area contributed by atoms with Gasteiger partial charge in [0.2, 0.25) is 0 Å². The molecular formula is C20H20. The molecule has 3 aliphatic rings. The minimum atomic E-state index is 0.578. The van der Waals surface area contributed by atoms with Gasteiger partial charge in [-0.25, -0.2) is 0 Å². The minimum Gasteiger partial charge on any atom is -0.0769 e. The lowest BCUT2D eigenvalue weighted by molar-refractivity contribution is 0.777. The zero-order chi connectivity index (χ0) is 13.7. The largest absolute Gasteiger partial charge is 0.0769 e. The van der Waals surface area contributed by atoms with Crippen LogP contribution >= 0.6 is 0 Å². The molecule has 0 bridgehead atoms. The minimum absolute atomic E-state index is 0.578. The molecule has 3 aliphatic carbocycles. The zero-order valence-corrected chi connectivity index (χ0v) is 12.2. The fourth-order valence-corrected chi connectivity index (χ4v) is 3.95. The van der Waals surface area contributed by atoms with E-state index in [1.54, 1.807) is 11.1 Å². The molecule has 0 N–H and O–H groups in total. The van der Waals surface area contributed by atoms with Gasteiger partial charge in [0, 0.05) is 5.92 Å². The van der Waals surface area contributed by atoms with Crippen molar-refractivity contribution in [1.82, 2.24) is 0 Å². The summed E-state index contributed by atoms with van der Waals surface area (Å²) >= 11 is 0. The van der Waals surface area contributed by atoms with Crippen LogP contribution in [-0.2, 0) is 0 Å².